The standard InChI is InChI=1S/C35H61IN4O10/c36-30(41)27-50-26-25-49-24-21-37-35(48)38-28-19-22-40(23-20-28)32(43)18-17-29(34(46)47)39-31(42)15-13-11-9-7-5-3-1-2-4-6-8-10-12-14-16-33(44)45/h28-29H,1-27H2,(H,39,42)(H,44,45)(H,46,47)(H2,37,38,48)/t29-/m0/s1. The van der Waals surface area contributed by atoms with Gasteiger partial charge in [0.1, 0.15) is 12.6 Å². The lowest BCUT2D eigenvalue weighted by atomic mass is 10.0. The molecule has 0 aromatic heterocycles. The molecule has 0 bridgehead atoms. The van der Waals surface area contributed by atoms with Crippen molar-refractivity contribution >= 4 is 56.2 Å². The first kappa shape index (κ1) is 45.5. The number of amides is 4. The molecule has 0 spiro atoms. The lowest BCUT2D eigenvalue weighted by molar-refractivity contribution is -0.142. The molecule has 0 unspecified atom stereocenters. The molecule has 15 heteroatoms. The van der Waals surface area contributed by atoms with Gasteiger partial charge in [0.2, 0.25) is 15.6 Å². The zero-order valence-electron chi connectivity index (χ0n) is 29.7. The first-order valence-electron chi connectivity index (χ1n) is 18.5. The van der Waals surface area contributed by atoms with Gasteiger partial charge in [0, 0.05) is 67.5 Å². The zero-order valence-corrected chi connectivity index (χ0v) is 31.9. The Hall–Kier alpha value is -2.53. The van der Waals surface area contributed by atoms with Crippen LogP contribution in [0, 0.1) is 0 Å². The molecule has 1 fully saturated rings. The second-order valence-electron chi connectivity index (χ2n) is 12.9. The van der Waals surface area contributed by atoms with Crippen LogP contribution in [-0.2, 0) is 33.4 Å². The van der Waals surface area contributed by atoms with Crippen LogP contribution in [-0.4, -0.2) is 107 Å². The van der Waals surface area contributed by atoms with Crippen LogP contribution in [0.4, 0.5) is 4.79 Å². The van der Waals surface area contributed by atoms with Gasteiger partial charge in [-0.2, -0.15) is 0 Å². The van der Waals surface area contributed by atoms with E-state index < -0.39 is 18.0 Å². The molecule has 1 aliphatic heterocycles. The molecule has 0 aromatic rings. The monoisotopic (exact) mass is 824 g/mol. The summed E-state index contributed by atoms with van der Waals surface area (Å²) in [6, 6.07) is -1.51. The topological polar surface area (TPSA) is 201 Å². The summed E-state index contributed by atoms with van der Waals surface area (Å²) in [5, 5.41) is 26.4. The Morgan fingerprint density at radius 2 is 1.22 bits per heavy atom. The van der Waals surface area contributed by atoms with E-state index >= 15 is 0 Å². The molecular weight excluding hydrogens is 763 g/mol. The molecule has 0 aromatic carbocycles. The van der Waals surface area contributed by atoms with Crippen molar-refractivity contribution in [2.24, 2.45) is 0 Å². The number of nitrogens with one attached hydrogen (secondary N) is 3. The first-order valence-corrected chi connectivity index (χ1v) is 19.6. The van der Waals surface area contributed by atoms with Crippen molar-refractivity contribution in [2.75, 3.05) is 46.1 Å². The van der Waals surface area contributed by atoms with Crippen molar-refractivity contribution in [2.45, 2.75) is 141 Å². The number of unbranched alkanes of at least 4 members (excludes halogenated alkanes) is 13. The Labute approximate surface area is 311 Å². The molecule has 1 rings (SSSR count). The minimum absolute atomic E-state index is 0.0177. The largest absolute Gasteiger partial charge is 0.481 e. The third-order valence-corrected chi connectivity index (χ3v) is 8.94. The van der Waals surface area contributed by atoms with Crippen molar-refractivity contribution in [3.63, 3.8) is 0 Å². The highest BCUT2D eigenvalue weighted by molar-refractivity contribution is 14.1. The maximum atomic E-state index is 12.8. The Bertz CT molecular complexity index is 995. The van der Waals surface area contributed by atoms with Crippen LogP contribution in [0.2, 0.25) is 0 Å². The smallest absolute Gasteiger partial charge is 0.326 e. The van der Waals surface area contributed by atoms with Crippen LogP contribution in [0.3, 0.4) is 0 Å². The van der Waals surface area contributed by atoms with Gasteiger partial charge in [-0.05, 0) is 32.1 Å². The molecule has 1 aliphatic rings. The molecule has 50 heavy (non-hydrogen) atoms. The fraction of sp³-hybridized carbons (Fsp3) is 0.829. The van der Waals surface area contributed by atoms with Gasteiger partial charge in [-0.25, -0.2) is 9.59 Å². The summed E-state index contributed by atoms with van der Waals surface area (Å²) in [5.41, 5.74) is 0. The van der Waals surface area contributed by atoms with E-state index in [9.17, 15) is 33.9 Å². The van der Waals surface area contributed by atoms with Gasteiger partial charge in [0.25, 0.3) is 0 Å². The molecule has 1 saturated heterocycles. The van der Waals surface area contributed by atoms with Gasteiger partial charge < -0.3 is 40.5 Å². The quantitative estimate of drug-likeness (QED) is 0.0362. The third kappa shape index (κ3) is 26.3. The number of urea groups is 1. The predicted molar refractivity (Wildman–Crippen MR) is 197 cm³/mol. The minimum Gasteiger partial charge on any atom is -0.481 e. The third-order valence-electron chi connectivity index (χ3n) is 8.63. The molecular formula is C35H61IN4O10. The number of carboxylic acids is 2. The van der Waals surface area contributed by atoms with E-state index in [0.717, 1.165) is 38.5 Å². The Morgan fingerprint density at radius 3 is 1.74 bits per heavy atom. The maximum absolute atomic E-state index is 12.8. The van der Waals surface area contributed by atoms with E-state index in [4.69, 9.17) is 14.6 Å². The summed E-state index contributed by atoms with van der Waals surface area (Å²) in [7, 11) is 0. The van der Waals surface area contributed by atoms with E-state index in [2.05, 4.69) is 16.0 Å². The van der Waals surface area contributed by atoms with Crippen molar-refractivity contribution in [1.29, 1.82) is 0 Å². The van der Waals surface area contributed by atoms with Crippen molar-refractivity contribution < 1.29 is 48.5 Å². The molecule has 0 aliphatic carbocycles. The van der Waals surface area contributed by atoms with Crippen LogP contribution in [0.15, 0.2) is 0 Å². The summed E-state index contributed by atoms with van der Waals surface area (Å²) in [4.78, 5) is 72.0. The highest BCUT2D eigenvalue weighted by Crippen LogP contribution is 2.15. The number of hydrogen-bond acceptors (Lipinski definition) is 8. The number of halogens is 1. The fourth-order valence-corrected chi connectivity index (χ4v) is 5.97. The lowest BCUT2D eigenvalue weighted by Crippen LogP contribution is -2.49. The van der Waals surface area contributed by atoms with Crippen LogP contribution >= 0.6 is 22.6 Å². The van der Waals surface area contributed by atoms with E-state index in [0.29, 0.717) is 58.7 Å². The second-order valence-corrected chi connectivity index (χ2v) is 14.1. The SMILES string of the molecule is O=C(O)CCCCCCCCCCCCCCCCC(=O)N[C@@H](CCC(=O)N1CCC(NC(=O)NCCOCCOCC(=O)I)CC1)C(=O)O. The number of carbonyl (C=O) groups is 6. The second kappa shape index (κ2) is 30.1. The molecule has 4 amide bonds. The summed E-state index contributed by atoms with van der Waals surface area (Å²) in [5.74, 6) is -2.33. The van der Waals surface area contributed by atoms with Gasteiger partial charge in [-0.15, -0.1) is 0 Å². The normalized spacial score (nSPS) is 13.8. The number of carboxylic acid groups (broad SMARTS) is 2. The van der Waals surface area contributed by atoms with Gasteiger partial charge in [-0.3, -0.25) is 19.2 Å². The van der Waals surface area contributed by atoms with E-state index in [1.807, 2.05) is 0 Å². The zero-order chi connectivity index (χ0) is 36.8. The molecule has 0 radical (unpaired) electrons. The van der Waals surface area contributed by atoms with Gasteiger partial charge in [-0.1, -0.05) is 77.0 Å². The number of carbonyl (C=O) groups excluding carboxylic acids is 4. The van der Waals surface area contributed by atoms with E-state index in [1.54, 1.807) is 27.5 Å². The summed E-state index contributed by atoms with van der Waals surface area (Å²) in [6.45, 7) is 2.21. The highest BCUT2D eigenvalue weighted by Gasteiger charge is 2.26. The summed E-state index contributed by atoms with van der Waals surface area (Å²) in [6.07, 6.45) is 17.0. The number of aliphatic carboxylic acids is 2. The first-order chi connectivity index (χ1) is 24.1. The maximum Gasteiger partial charge on any atom is 0.326 e. The number of piperidine rings is 1. The van der Waals surface area contributed by atoms with Gasteiger partial charge in [0.05, 0.1) is 19.8 Å². The molecule has 1 heterocycles. The number of rotatable bonds is 31. The van der Waals surface area contributed by atoms with Gasteiger partial charge >= 0.3 is 18.0 Å². The van der Waals surface area contributed by atoms with Crippen molar-refractivity contribution in [1.82, 2.24) is 20.9 Å². The summed E-state index contributed by atoms with van der Waals surface area (Å²) >= 11 is 1.66. The lowest BCUT2D eigenvalue weighted by Gasteiger charge is -2.32. The van der Waals surface area contributed by atoms with Crippen LogP contribution in [0.25, 0.3) is 0 Å². The van der Waals surface area contributed by atoms with Crippen LogP contribution in [0.1, 0.15) is 128 Å². The van der Waals surface area contributed by atoms with Crippen LogP contribution in [0.5, 0.6) is 0 Å². The van der Waals surface area contributed by atoms with Crippen molar-refractivity contribution in [3.05, 3.63) is 0 Å². The van der Waals surface area contributed by atoms with Crippen molar-refractivity contribution in [3.8, 4) is 0 Å². The molecule has 0 saturated carbocycles. The fourth-order valence-electron chi connectivity index (χ4n) is 5.75. The molecule has 5 N–H and O–H groups in total. The Kier molecular flexibility index (Phi) is 27.4. The number of hydrogen-bond donors (Lipinski definition) is 5. The van der Waals surface area contributed by atoms with E-state index in [1.165, 1.54) is 44.9 Å². The molecule has 14 nitrogen and oxygen atoms in total. The van der Waals surface area contributed by atoms with Gasteiger partial charge in [0.15, 0.2) is 0 Å². The van der Waals surface area contributed by atoms with Crippen LogP contribution < -0.4 is 16.0 Å². The molecule has 288 valence electrons. The minimum atomic E-state index is -1.15. The predicted octanol–water partition coefficient (Wildman–Crippen LogP) is 4.95. The number of nitrogens with zero attached hydrogens (tertiary/aromatic N) is 1. The summed E-state index contributed by atoms with van der Waals surface area (Å²) < 4.78 is 10.3. The average molecular weight is 825 g/mol. The highest BCUT2D eigenvalue weighted by atomic mass is 127. The Morgan fingerprint density at radius 1 is 0.700 bits per heavy atom. The number of likely N-dealkylation sites (tertiary alicyclic amines) is 1. The number of ether oxygens (including phenoxy) is 2. The van der Waals surface area contributed by atoms with E-state index in [-0.39, 0.29) is 60.0 Å². The molecule has 1 atom stereocenters. The Balaban J connectivity index is 2.06. The average Bonchev–Trinajstić information content (AvgIpc) is 3.07.